The minimum atomic E-state index is 0.0315. The molecule has 1 aliphatic heterocycles. The van der Waals surface area contributed by atoms with Crippen molar-refractivity contribution in [2.75, 3.05) is 18.4 Å². The average molecular weight is 358 g/mol. The number of rotatable bonds is 6. The molecule has 2 aromatic rings. The molecule has 1 aromatic carbocycles. The second kappa shape index (κ2) is 8.59. The van der Waals surface area contributed by atoms with Crippen molar-refractivity contribution in [3.63, 3.8) is 0 Å². The molecule has 134 valence electrons. The quantitative estimate of drug-likeness (QED) is 0.827. The standard InChI is InChI=1S/C20H27N3OS/c1-15-8-10-23(11-9-15)13-18-14-25-20(21-18)22-19(24)12-16(2)17-6-4-3-5-7-17/h3-7,14-16H,8-13H2,1-2H3,(H,21,22,24). The number of carbonyl (C=O) groups is 1. The van der Waals surface area contributed by atoms with Crippen LogP contribution in [0.4, 0.5) is 5.13 Å². The molecule has 3 rings (SSSR count). The number of hydrogen-bond acceptors (Lipinski definition) is 4. The van der Waals surface area contributed by atoms with E-state index in [1.807, 2.05) is 18.2 Å². The molecule has 0 radical (unpaired) electrons. The third-order valence-corrected chi connectivity index (χ3v) is 5.73. The fraction of sp³-hybridized carbons (Fsp3) is 0.500. The van der Waals surface area contributed by atoms with E-state index in [4.69, 9.17) is 0 Å². The summed E-state index contributed by atoms with van der Waals surface area (Å²) in [5, 5.41) is 5.73. The maximum absolute atomic E-state index is 12.3. The molecule has 5 heteroatoms. The molecule has 0 saturated carbocycles. The molecule has 1 saturated heterocycles. The summed E-state index contributed by atoms with van der Waals surface area (Å²) in [5.74, 6) is 1.08. The van der Waals surface area contributed by atoms with Crippen LogP contribution in [0.25, 0.3) is 0 Å². The molecule has 1 amide bonds. The van der Waals surface area contributed by atoms with Gasteiger partial charge < -0.3 is 5.32 Å². The van der Waals surface area contributed by atoms with Gasteiger partial charge in [-0.05, 0) is 43.3 Å². The molecule has 1 N–H and O–H groups in total. The lowest BCUT2D eigenvalue weighted by molar-refractivity contribution is -0.116. The highest BCUT2D eigenvalue weighted by Gasteiger charge is 2.17. The van der Waals surface area contributed by atoms with Crippen LogP contribution in [0.1, 0.15) is 50.3 Å². The second-order valence-electron chi connectivity index (χ2n) is 7.17. The maximum atomic E-state index is 12.3. The predicted molar refractivity (Wildman–Crippen MR) is 104 cm³/mol. The van der Waals surface area contributed by atoms with Crippen LogP contribution in [-0.4, -0.2) is 28.9 Å². The first-order chi connectivity index (χ1) is 12.1. The van der Waals surface area contributed by atoms with E-state index in [2.05, 4.69) is 46.6 Å². The van der Waals surface area contributed by atoms with E-state index in [1.54, 1.807) is 0 Å². The Morgan fingerprint density at radius 2 is 2.04 bits per heavy atom. The zero-order valence-electron chi connectivity index (χ0n) is 15.1. The Balaban J connectivity index is 1.48. The molecule has 1 aliphatic rings. The highest BCUT2D eigenvalue weighted by atomic mass is 32.1. The van der Waals surface area contributed by atoms with Gasteiger partial charge in [-0.3, -0.25) is 9.69 Å². The molecule has 1 fully saturated rings. The summed E-state index contributed by atoms with van der Waals surface area (Å²) in [7, 11) is 0. The Morgan fingerprint density at radius 3 is 2.76 bits per heavy atom. The van der Waals surface area contributed by atoms with E-state index in [1.165, 1.54) is 29.7 Å². The van der Waals surface area contributed by atoms with Crippen LogP contribution in [0.3, 0.4) is 0 Å². The van der Waals surface area contributed by atoms with Gasteiger partial charge in [0.1, 0.15) is 0 Å². The topological polar surface area (TPSA) is 45.2 Å². The summed E-state index contributed by atoms with van der Waals surface area (Å²) in [5.41, 5.74) is 2.25. The fourth-order valence-electron chi connectivity index (χ4n) is 3.23. The van der Waals surface area contributed by atoms with E-state index >= 15 is 0 Å². The first-order valence-electron chi connectivity index (χ1n) is 9.11. The molecule has 1 aromatic heterocycles. The van der Waals surface area contributed by atoms with Crippen molar-refractivity contribution in [2.24, 2.45) is 5.92 Å². The fourth-order valence-corrected chi connectivity index (χ4v) is 3.95. The average Bonchev–Trinajstić information content (AvgIpc) is 3.04. The van der Waals surface area contributed by atoms with E-state index < -0.39 is 0 Å². The largest absolute Gasteiger partial charge is 0.302 e. The van der Waals surface area contributed by atoms with Gasteiger partial charge in [0.25, 0.3) is 0 Å². The van der Waals surface area contributed by atoms with Crippen LogP contribution in [-0.2, 0) is 11.3 Å². The number of thiazole rings is 1. The van der Waals surface area contributed by atoms with Crippen molar-refractivity contribution >= 4 is 22.4 Å². The SMILES string of the molecule is CC1CCN(Cc2csc(NC(=O)CC(C)c3ccccc3)n2)CC1. The van der Waals surface area contributed by atoms with Crippen LogP contribution in [0, 0.1) is 5.92 Å². The number of nitrogens with one attached hydrogen (secondary N) is 1. The molecule has 0 aliphatic carbocycles. The summed E-state index contributed by atoms with van der Waals surface area (Å²) in [6.45, 7) is 7.59. The Kier molecular flexibility index (Phi) is 6.21. The number of amides is 1. The lowest BCUT2D eigenvalue weighted by atomic mass is 9.98. The van der Waals surface area contributed by atoms with Gasteiger partial charge in [-0.15, -0.1) is 11.3 Å². The zero-order valence-corrected chi connectivity index (χ0v) is 15.9. The van der Waals surface area contributed by atoms with Gasteiger partial charge in [-0.1, -0.05) is 44.2 Å². The van der Waals surface area contributed by atoms with E-state index in [0.717, 1.165) is 31.2 Å². The van der Waals surface area contributed by atoms with E-state index in [9.17, 15) is 4.79 Å². The van der Waals surface area contributed by atoms with E-state index in [-0.39, 0.29) is 11.8 Å². The molecule has 1 atom stereocenters. The highest BCUT2D eigenvalue weighted by Crippen LogP contribution is 2.23. The first kappa shape index (κ1) is 18.1. The van der Waals surface area contributed by atoms with Crippen molar-refractivity contribution < 1.29 is 4.79 Å². The molecule has 2 heterocycles. The number of benzene rings is 1. The van der Waals surface area contributed by atoms with Crippen molar-refractivity contribution in [1.82, 2.24) is 9.88 Å². The van der Waals surface area contributed by atoms with Crippen molar-refractivity contribution in [2.45, 2.75) is 45.6 Å². The van der Waals surface area contributed by atoms with Crippen LogP contribution in [0.15, 0.2) is 35.7 Å². The van der Waals surface area contributed by atoms with Gasteiger partial charge >= 0.3 is 0 Å². The Labute approximate surface area is 154 Å². The summed E-state index contributed by atoms with van der Waals surface area (Å²) in [6, 6.07) is 10.2. The lowest BCUT2D eigenvalue weighted by Crippen LogP contribution is -2.32. The number of nitrogens with zero attached hydrogens (tertiary/aromatic N) is 2. The van der Waals surface area contributed by atoms with Gasteiger partial charge in [0.05, 0.1) is 5.69 Å². The minimum absolute atomic E-state index is 0.0315. The summed E-state index contributed by atoms with van der Waals surface area (Å²) < 4.78 is 0. The smallest absolute Gasteiger partial charge is 0.226 e. The highest BCUT2D eigenvalue weighted by molar-refractivity contribution is 7.13. The van der Waals surface area contributed by atoms with Gasteiger partial charge in [-0.25, -0.2) is 4.98 Å². The summed E-state index contributed by atoms with van der Waals surface area (Å²) in [4.78, 5) is 19.3. The maximum Gasteiger partial charge on any atom is 0.226 e. The van der Waals surface area contributed by atoms with E-state index in [0.29, 0.717) is 11.6 Å². The third-order valence-electron chi connectivity index (χ3n) is 4.92. The monoisotopic (exact) mass is 357 g/mol. The zero-order chi connectivity index (χ0) is 17.6. The third kappa shape index (κ3) is 5.38. The van der Waals surface area contributed by atoms with Crippen molar-refractivity contribution in [3.8, 4) is 0 Å². The van der Waals surface area contributed by atoms with Crippen molar-refractivity contribution in [1.29, 1.82) is 0 Å². The predicted octanol–water partition coefficient (Wildman–Crippen LogP) is 4.51. The van der Waals surface area contributed by atoms with Crippen LogP contribution in [0.2, 0.25) is 0 Å². The molecule has 0 spiro atoms. The number of carbonyl (C=O) groups excluding carboxylic acids is 1. The molecule has 25 heavy (non-hydrogen) atoms. The second-order valence-corrected chi connectivity index (χ2v) is 8.02. The van der Waals surface area contributed by atoms with Gasteiger partial charge in [0.2, 0.25) is 5.91 Å². The summed E-state index contributed by atoms with van der Waals surface area (Å²) >= 11 is 1.52. The molecular formula is C20H27N3OS. The van der Waals surface area contributed by atoms with Crippen molar-refractivity contribution in [3.05, 3.63) is 47.0 Å². The number of hydrogen-bond donors (Lipinski definition) is 1. The van der Waals surface area contributed by atoms with Gasteiger partial charge in [-0.2, -0.15) is 0 Å². The van der Waals surface area contributed by atoms with Gasteiger partial charge in [0, 0.05) is 18.3 Å². The lowest BCUT2D eigenvalue weighted by Gasteiger charge is -2.29. The first-order valence-corrected chi connectivity index (χ1v) is 9.99. The molecule has 4 nitrogen and oxygen atoms in total. The van der Waals surface area contributed by atoms with Crippen LogP contribution < -0.4 is 5.32 Å². The van der Waals surface area contributed by atoms with Crippen LogP contribution >= 0.6 is 11.3 Å². The minimum Gasteiger partial charge on any atom is -0.302 e. The van der Waals surface area contributed by atoms with Crippen LogP contribution in [0.5, 0.6) is 0 Å². The Morgan fingerprint density at radius 1 is 1.32 bits per heavy atom. The number of anilines is 1. The number of aromatic nitrogens is 1. The number of piperidine rings is 1. The molecule has 1 unspecified atom stereocenters. The number of likely N-dealkylation sites (tertiary alicyclic amines) is 1. The van der Waals surface area contributed by atoms with Gasteiger partial charge in [0.15, 0.2) is 5.13 Å². The molecule has 0 bridgehead atoms. The molecular weight excluding hydrogens is 330 g/mol. The Bertz CT molecular complexity index is 677. The normalized spacial score (nSPS) is 17.4. The Hall–Kier alpha value is -1.72. The summed E-state index contributed by atoms with van der Waals surface area (Å²) in [6.07, 6.45) is 3.01.